The minimum absolute atomic E-state index is 0.0730. The van der Waals surface area contributed by atoms with E-state index in [-0.39, 0.29) is 17.3 Å². The molecule has 0 radical (unpaired) electrons. The zero-order valence-electron chi connectivity index (χ0n) is 11.7. The molecule has 0 aliphatic rings. The summed E-state index contributed by atoms with van der Waals surface area (Å²) in [7, 11) is 1.61. The van der Waals surface area contributed by atoms with Crippen LogP contribution in [-0.2, 0) is 14.3 Å². The molecule has 3 heteroatoms. The molecule has 0 aromatic carbocycles. The van der Waals surface area contributed by atoms with Gasteiger partial charge in [0.15, 0.2) is 0 Å². The fourth-order valence-electron chi connectivity index (χ4n) is 1.75. The van der Waals surface area contributed by atoms with Crippen molar-refractivity contribution in [2.24, 2.45) is 11.3 Å². The second-order valence-corrected chi connectivity index (χ2v) is 6.28. The maximum atomic E-state index is 11.8. The lowest BCUT2D eigenvalue weighted by Gasteiger charge is -2.28. The fraction of sp³-hybridized carbons (Fsp3) is 0.923. The maximum absolute atomic E-state index is 11.8. The van der Waals surface area contributed by atoms with Crippen molar-refractivity contribution in [1.82, 2.24) is 0 Å². The Morgan fingerprint density at radius 3 is 2.06 bits per heavy atom. The van der Waals surface area contributed by atoms with Crippen LogP contribution in [0.5, 0.6) is 0 Å². The topological polar surface area (TPSA) is 35.5 Å². The van der Waals surface area contributed by atoms with Gasteiger partial charge in [0.2, 0.25) is 0 Å². The normalized spacial score (nSPS) is 14.7. The fourth-order valence-corrected chi connectivity index (χ4v) is 1.75. The van der Waals surface area contributed by atoms with E-state index in [9.17, 15) is 4.79 Å². The van der Waals surface area contributed by atoms with Crippen LogP contribution < -0.4 is 0 Å². The van der Waals surface area contributed by atoms with Gasteiger partial charge < -0.3 is 9.47 Å². The van der Waals surface area contributed by atoms with Crippen molar-refractivity contribution in [3.63, 3.8) is 0 Å². The lowest BCUT2D eigenvalue weighted by molar-refractivity contribution is -0.166. The molecule has 1 unspecified atom stereocenters. The summed E-state index contributed by atoms with van der Waals surface area (Å²) in [5.74, 6) is -0.215. The molecule has 0 aromatic rings. The minimum Gasteiger partial charge on any atom is -0.457 e. The highest BCUT2D eigenvalue weighted by molar-refractivity contribution is 5.72. The van der Waals surface area contributed by atoms with Crippen molar-refractivity contribution in [3.05, 3.63) is 0 Å². The smallest absolute Gasteiger partial charge is 0.309 e. The molecule has 0 rings (SSSR count). The van der Waals surface area contributed by atoms with Gasteiger partial charge in [-0.25, -0.2) is 0 Å². The lowest BCUT2D eigenvalue weighted by Crippen LogP contribution is -2.35. The van der Waals surface area contributed by atoms with Gasteiger partial charge in [0.25, 0.3) is 0 Å². The first-order valence-electron chi connectivity index (χ1n) is 5.79. The third-order valence-corrected chi connectivity index (χ3v) is 2.19. The van der Waals surface area contributed by atoms with Crippen molar-refractivity contribution in [2.75, 3.05) is 13.7 Å². The molecule has 0 aliphatic heterocycles. The monoisotopic (exact) mass is 230 g/mol. The first-order chi connectivity index (χ1) is 7.07. The van der Waals surface area contributed by atoms with E-state index >= 15 is 0 Å². The van der Waals surface area contributed by atoms with Gasteiger partial charge in [0.1, 0.15) is 5.60 Å². The van der Waals surface area contributed by atoms with Gasteiger partial charge in [-0.15, -0.1) is 0 Å². The Kier molecular flexibility index (Phi) is 5.47. The molecular weight excluding hydrogens is 204 g/mol. The number of ether oxygens (including phenoxy) is 2. The standard InChI is InChI=1S/C13H26O3/c1-10(8-12(2,3)4)11(14)16-13(5,6)9-15-7/h10H,8-9H2,1-7H3. The average Bonchev–Trinajstić information content (AvgIpc) is 1.99. The molecule has 0 amide bonds. The Bertz CT molecular complexity index is 226. The lowest BCUT2D eigenvalue weighted by atomic mass is 9.85. The van der Waals surface area contributed by atoms with E-state index in [2.05, 4.69) is 20.8 Å². The van der Waals surface area contributed by atoms with Gasteiger partial charge in [0.05, 0.1) is 12.5 Å². The van der Waals surface area contributed by atoms with Crippen LogP contribution in [0.2, 0.25) is 0 Å². The number of carbonyl (C=O) groups is 1. The van der Waals surface area contributed by atoms with Crippen LogP contribution in [0.25, 0.3) is 0 Å². The van der Waals surface area contributed by atoms with E-state index in [0.29, 0.717) is 6.61 Å². The van der Waals surface area contributed by atoms with Crippen LogP contribution in [0.1, 0.15) is 48.0 Å². The van der Waals surface area contributed by atoms with Gasteiger partial charge in [0, 0.05) is 7.11 Å². The Balaban J connectivity index is 4.25. The van der Waals surface area contributed by atoms with Gasteiger partial charge in [-0.1, -0.05) is 27.7 Å². The molecule has 0 saturated carbocycles. The molecule has 0 aliphatic carbocycles. The highest BCUT2D eigenvalue weighted by atomic mass is 16.6. The number of rotatable bonds is 5. The number of methoxy groups -OCH3 is 1. The molecule has 0 spiro atoms. The van der Waals surface area contributed by atoms with E-state index in [1.54, 1.807) is 7.11 Å². The second kappa shape index (κ2) is 5.67. The molecule has 0 aromatic heterocycles. The van der Waals surface area contributed by atoms with Crippen LogP contribution in [0.15, 0.2) is 0 Å². The Morgan fingerprint density at radius 1 is 1.19 bits per heavy atom. The Hall–Kier alpha value is -0.570. The van der Waals surface area contributed by atoms with E-state index in [1.165, 1.54) is 0 Å². The van der Waals surface area contributed by atoms with Crippen molar-refractivity contribution in [1.29, 1.82) is 0 Å². The average molecular weight is 230 g/mol. The third-order valence-electron chi connectivity index (χ3n) is 2.19. The van der Waals surface area contributed by atoms with Gasteiger partial charge in [-0.3, -0.25) is 4.79 Å². The van der Waals surface area contributed by atoms with Crippen LogP contribution in [0, 0.1) is 11.3 Å². The highest BCUT2D eigenvalue weighted by Gasteiger charge is 2.28. The van der Waals surface area contributed by atoms with Gasteiger partial charge in [-0.2, -0.15) is 0 Å². The van der Waals surface area contributed by atoms with Crippen molar-refractivity contribution in [2.45, 2.75) is 53.6 Å². The number of carbonyl (C=O) groups excluding carboxylic acids is 1. The number of hydrogen-bond acceptors (Lipinski definition) is 3. The summed E-state index contributed by atoms with van der Waals surface area (Å²) in [5.41, 5.74) is -0.401. The largest absolute Gasteiger partial charge is 0.457 e. The number of hydrogen-bond donors (Lipinski definition) is 0. The quantitative estimate of drug-likeness (QED) is 0.681. The van der Waals surface area contributed by atoms with E-state index in [1.807, 2.05) is 20.8 Å². The Morgan fingerprint density at radius 2 is 1.69 bits per heavy atom. The summed E-state index contributed by atoms with van der Waals surface area (Å²) in [6, 6.07) is 0. The predicted octanol–water partition coefficient (Wildman–Crippen LogP) is 3.03. The first-order valence-corrected chi connectivity index (χ1v) is 5.79. The molecule has 0 fully saturated rings. The van der Waals surface area contributed by atoms with Crippen LogP contribution >= 0.6 is 0 Å². The van der Waals surface area contributed by atoms with Crippen molar-refractivity contribution >= 4 is 5.97 Å². The zero-order chi connectivity index (χ0) is 13.0. The maximum Gasteiger partial charge on any atom is 0.309 e. The van der Waals surface area contributed by atoms with Crippen molar-refractivity contribution in [3.8, 4) is 0 Å². The molecule has 1 atom stereocenters. The third kappa shape index (κ3) is 6.83. The molecule has 0 N–H and O–H groups in total. The SMILES string of the molecule is COCC(C)(C)OC(=O)C(C)CC(C)(C)C. The molecule has 16 heavy (non-hydrogen) atoms. The van der Waals surface area contributed by atoms with E-state index in [4.69, 9.17) is 9.47 Å². The van der Waals surface area contributed by atoms with Crippen LogP contribution in [0.4, 0.5) is 0 Å². The van der Waals surface area contributed by atoms with E-state index < -0.39 is 5.60 Å². The minimum atomic E-state index is -0.544. The summed E-state index contributed by atoms with van der Waals surface area (Å²) >= 11 is 0. The molecule has 3 nitrogen and oxygen atoms in total. The van der Waals surface area contributed by atoms with Gasteiger partial charge >= 0.3 is 5.97 Å². The molecule has 0 saturated heterocycles. The second-order valence-electron chi connectivity index (χ2n) is 6.28. The Labute approximate surface area is 99.5 Å². The first kappa shape index (κ1) is 15.4. The van der Waals surface area contributed by atoms with Crippen molar-refractivity contribution < 1.29 is 14.3 Å². The summed E-state index contributed by atoms with van der Waals surface area (Å²) < 4.78 is 10.4. The number of esters is 1. The van der Waals surface area contributed by atoms with E-state index in [0.717, 1.165) is 6.42 Å². The highest BCUT2D eigenvalue weighted by Crippen LogP contribution is 2.26. The predicted molar refractivity (Wildman–Crippen MR) is 65.3 cm³/mol. The molecule has 0 bridgehead atoms. The molecular formula is C13H26O3. The molecule has 0 heterocycles. The molecule has 96 valence electrons. The van der Waals surface area contributed by atoms with Crippen LogP contribution in [-0.4, -0.2) is 25.3 Å². The summed E-state index contributed by atoms with van der Waals surface area (Å²) in [6.07, 6.45) is 0.828. The zero-order valence-corrected chi connectivity index (χ0v) is 11.7. The summed E-state index contributed by atoms with van der Waals surface area (Å²) in [6.45, 7) is 12.4. The van der Waals surface area contributed by atoms with Gasteiger partial charge in [-0.05, 0) is 25.7 Å². The summed E-state index contributed by atoms with van der Waals surface area (Å²) in [5, 5.41) is 0. The van der Waals surface area contributed by atoms with Crippen LogP contribution in [0.3, 0.4) is 0 Å². The summed E-state index contributed by atoms with van der Waals surface area (Å²) in [4.78, 5) is 11.8.